The Morgan fingerprint density at radius 3 is 2.71 bits per heavy atom. The number of aliphatic hydroxyl groups is 1. The Balaban J connectivity index is 2.62. The highest BCUT2D eigenvalue weighted by Gasteiger charge is 2.15. The first-order chi connectivity index (χ1) is 3.30. The van der Waals surface area contributed by atoms with E-state index in [0.717, 1.165) is 0 Å². The summed E-state index contributed by atoms with van der Waals surface area (Å²) in [5.74, 6) is -0.389. The first kappa shape index (κ1) is 4.33. The van der Waals surface area contributed by atoms with Crippen molar-refractivity contribution in [2.24, 2.45) is 0 Å². The van der Waals surface area contributed by atoms with E-state index in [1.165, 1.54) is 12.3 Å². The monoisotopic (exact) mass is 100 g/mol. The third-order valence-electron chi connectivity index (χ3n) is 0.683. The molecule has 0 saturated heterocycles. The van der Waals surface area contributed by atoms with Crippen LogP contribution in [-0.4, -0.2) is 17.2 Å². The largest absolute Gasteiger partial charge is 0.465 e. The van der Waals surface area contributed by atoms with Gasteiger partial charge in [-0.2, -0.15) is 0 Å². The predicted octanol–water partition coefficient (Wildman–Crippen LogP) is -0.582. The summed E-state index contributed by atoms with van der Waals surface area (Å²) in [4.78, 5) is 10.1. The molecule has 3 heteroatoms. The lowest BCUT2D eigenvalue weighted by atomic mass is 10.4. The molecule has 0 aromatic carbocycles. The van der Waals surface area contributed by atoms with Crippen molar-refractivity contribution < 1.29 is 14.6 Å². The highest BCUT2D eigenvalue weighted by atomic mass is 16.6. The van der Waals surface area contributed by atoms with E-state index in [9.17, 15) is 4.79 Å². The molecular weight excluding hydrogens is 96.0 g/mol. The van der Waals surface area contributed by atoms with Crippen LogP contribution in [0.25, 0.3) is 0 Å². The predicted molar refractivity (Wildman–Crippen MR) is 21.2 cm³/mol. The topological polar surface area (TPSA) is 46.5 Å². The SMILES string of the molecule is O=C1C=COC1O. The molecule has 0 amide bonds. The van der Waals surface area contributed by atoms with Crippen LogP contribution in [0.1, 0.15) is 0 Å². The van der Waals surface area contributed by atoms with Crippen LogP contribution >= 0.6 is 0 Å². The van der Waals surface area contributed by atoms with Gasteiger partial charge in [-0.25, -0.2) is 0 Å². The fraction of sp³-hybridized carbons (Fsp3) is 0.250. The number of ketones is 1. The molecule has 1 N–H and O–H groups in total. The molecule has 1 unspecified atom stereocenters. The third-order valence-corrected chi connectivity index (χ3v) is 0.683. The molecule has 1 heterocycles. The molecule has 0 radical (unpaired) electrons. The van der Waals surface area contributed by atoms with Gasteiger partial charge >= 0.3 is 0 Å². The third kappa shape index (κ3) is 0.618. The van der Waals surface area contributed by atoms with E-state index in [1.807, 2.05) is 0 Å². The van der Waals surface area contributed by atoms with E-state index < -0.39 is 6.29 Å². The average molecular weight is 100 g/mol. The van der Waals surface area contributed by atoms with Crippen molar-refractivity contribution in [3.63, 3.8) is 0 Å². The van der Waals surface area contributed by atoms with Crippen LogP contribution in [0.3, 0.4) is 0 Å². The Morgan fingerprint density at radius 1 is 1.86 bits per heavy atom. The van der Waals surface area contributed by atoms with Crippen LogP contribution in [0.15, 0.2) is 12.3 Å². The Labute approximate surface area is 40.2 Å². The number of hydrogen-bond donors (Lipinski definition) is 1. The minimum Gasteiger partial charge on any atom is -0.465 e. The van der Waals surface area contributed by atoms with Gasteiger partial charge in [0.2, 0.25) is 5.78 Å². The van der Waals surface area contributed by atoms with Crippen molar-refractivity contribution in [3.05, 3.63) is 12.3 Å². The lowest BCUT2D eigenvalue weighted by molar-refractivity contribution is -0.136. The quantitative estimate of drug-likeness (QED) is 0.443. The molecule has 38 valence electrons. The minimum absolute atomic E-state index is 0.389. The van der Waals surface area contributed by atoms with E-state index in [4.69, 9.17) is 5.11 Å². The molecule has 1 aliphatic heterocycles. The smallest absolute Gasteiger partial charge is 0.260 e. The van der Waals surface area contributed by atoms with Gasteiger partial charge in [0, 0.05) is 6.08 Å². The second-order valence-corrected chi connectivity index (χ2v) is 1.19. The minimum atomic E-state index is -1.24. The summed E-state index contributed by atoms with van der Waals surface area (Å²) < 4.78 is 4.29. The Morgan fingerprint density at radius 2 is 2.57 bits per heavy atom. The number of rotatable bonds is 0. The molecule has 0 bridgehead atoms. The normalized spacial score (nSPS) is 28.1. The summed E-state index contributed by atoms with van der Waals surface area (Å²) in [6.45, 7) is 0. The van der Waals surface area contributed by atoms with Crippen LogP contribution in [0, 0.1) is 0 Å². The number of carbonyl (C=O) groups is 1. The maximum absolute atomic E-state index is 10.1. The number of aliphatic hydroxyl groups excluding tert-OH is 1. The van der Waals surface area contributed by atoms with E-state index in [1.54, 1.807) is 0 Å². The molecule has 0 spiro atoms. The summed E-state index contributed by atoms with van der Waals surface area (Å²) in [6, 6.07) is 0. The second kappa shape index (κ2) is 1.35. The molecule has 0 aromatic heterocycles. The Kier molecular flexibility index (Phi) is 0.834. The summed E-state index contributed by atoms with van der Waals surface area (Å²) in [6.07, 6.45) is 1.12. The van der Waals surface area contributed by atoms with Gasteiger partial charge in [-0.05, 0) is 0 Å². The number of ether oxygens (including phenoxy) is 1. The lowest BCUT2D eigenvalue weighted by Crippen LogP contribution is -2.13. The van der Waals surface area contributed by atoms with Gasteiger partial charge in [-0.3, -0.25) is 4.79 Å². The molecule has 3 nitrogen and oxygen atoms in total. The number of hydrogen-bond acceptors (Lipinski definition) is 3. The van der Waals surface area contributed by atoms with Crippen LogP contribution < -0.4 is 0 Å². The van der Waals surface area contributed by atoms with Crippen molar-refractivity contribution in [2.75, 3.05) is 0 Å². The highest BCUT2D eigenvalue weighted by Crippen LogP contribution is 1.99. The summed E-state index contributed by atoms with van der Waals surface area (Å²) in [5, 5.41) is 8.36. The van der Waals surface area contributed by atoms with E-state index in [-0.39, 0.29) is 5.78 Å². The van der Waals surface area contributed by atoms with Crippen molar-refractivity contribution in [3.8, 4) is 0 Å². The van der Waals surface area contributed by atoms with Gasteiger partial charge in [0.1, 0.15) is 0 Å². The van der Waals surface area contributed by atoms with Gasteiger partial charge in [0.15, 0.2) is 0 Å². The fourth-order valence-electron chi connectivity index (χ4n) is 0.330. The molecule has 0 saturated carbocycles. The summed E-state index contributed by atoms with van der Waals surface area (Å²) in [7, 11) is 0. The van der Waals surface area contributed by atoms with Crippen LogP contribution in [-0.2, 0) is 9.53 Å². The molecule has 0 aliphatic carbocycles. The zero-order valence-electron chi connectivity index (χ0n) is 3.50. The molecule has 0 aromatic rings. The molecule has 7 heavy (non-hydrogen) atoms. The zero-order chi connectivity index (χ0) is 5.28. The van der Waals surface area contributed by atoms with Crippen LogP contribution in [0.4, 0.5) is 0 Å². The van der Waals surface area contributed by atoms with Crippen LogP contribution in [0.2, 0.25) is 0 Å². The zero-order valence-corrected chi connectivity index (χ0v) is 3.50. The van der Waals surface area contributed by atoms with E-state index >= 15 is 0 Å². The molecule has 1 atom stereocenters. The number of carbonyl (C=O) groups excluding carboxylic acids is 1. The standard InChI is InChI=1S/C4H4O3/c5-3-1-2-7-4(3)6/h1-2,4,6H. The van der Waals surface area contributed by atoms with Gasteiger partial charge in [-0.15, -0.1) is 0 Å². The van der Waals surface area contributed by atoms with Gasteiger partial charge in [0.25, 0.3) is 6.29 Å². The van der Waals surface area contributed by atoms with Crippen molar-refractivity contribution in [1.29, 1.82) is 0 Å². The molecule has 1 aliphatic rings. The van der Waals surface area contributed by atoms with Crippen molar-refractivity contribution in [2.45, 2.75) is 6.29 Å². The maximum Gasteiger partial charge on any atom is 0.260 e. The first-order valence-corrected chi connectivity index (χ1v) is 1.84. The van der Waals surface area contributed by atoms with Crippen molar-refractivity contribution >= 4 is 5.78 Å². The Bertz CT molecular complexity index is 116. The molecule has 1 rings (SSSR count). The summed E-state index contributed by atoms with van der Waals surface area (Å²) >= 11 is 0. The van der Waals surface area contributed by atoms with Gasteiger partial charge < -0.3 is 9.84 Å². The summed E-state index contributed by atoms with van der Waals surface area (Å²) in [5.41, 5.74) is 0. The molecular formula is C4H4O3. The van der Waals surface area contributed by atoms with Crippen molar-refractivity contribution in [1.82, 2.24) is 0 Å². The van der Waals surface area contributed by atoms with Crippen LogP contribution in [0.5, 0.6) is 0 Å². The second-order valence-electron chi connectivity index (χ2n) is 1.19. The van der Waals surface area contributed by atoms with Gasteiger partial charge in [0.05, 0.1) is 6.26 Å². The maximum atomic E-state index is 10.1. The Hall–Kier alpha value is -0.830. The first-order valence-electron chi connectivity index (χ1n) is 1.84. The fourth-order valence-corrected chi connectivity index (χ4v) is 0.330. The molecule has 0 fully saturated rings. The average Bonchev–Trinajstić information content (AvgIpc) is 1.91. The highest BCUT2D eigenvalue weighted by molar-refractivity contribution is 5.93. The lowest BCUT2D eigenvalue weighted by Gasteiger charge is -1.94. The van der Waals surface area contributed by atoms with E-state index in [0.29, 0.717) is 0 Å². The van der Waals surface area contributed by atoms with E-state index in [2.05, 4.69) is 4.74 Å². The van der Waals surface area contributed by atoms with Gasteiger partial charge in [-0.1, -0.05) is 0 Å².